The number of carbonyl (C=O) groups excluding carboxylic acids is 1. The van der Waals surface area contributed by atoms with Crippen LogP contribution >= 0.6 is 11.8 Å². The molecular weight excluding hydrogens is 292 g/mol. The van der Waals surface area contributed by atoms with Crippen LogP contribution in [0.25, 0.3) is 0 Å². The Kier molecular flexibility index (Phi) is 8.51. The standard InChI is InChI=1S/C19H28O2S/c1-16(10-8-14-19(2,3)21)9-7-11-17(20)15-22-18-12-5-4-6-13-18/h4-7,11-13,16,21H,8-10,14-15H2,1-3H3/b11-7+/t16-/m0/s1. The van der Waals surface area contributed by atoms with E-state index in [0.717, 1.165) is 30.6 Å². The third-order valence-electron chi connectivity index (χ3n) is 3.45. The molecule has 0 aromatic heterocycles. The third kappa shape index (κ3) is 9.80. The lowest BCUT2D eigenvalue weighted by atomic mass is 9.95. The Balaban J connectivity index is 2.17. The van der Waals surface area contributed by atoms with Crippen LogP contribution in [0.1, 0.15) is 46.5 Å². The molecule has 1 rings (SSSR count). The predicted octanol–water partition coefficient (Wildman–Crippen LogP) is 4.87. The van der Waals surface area contributed by atoms with E-state index in [2.05, 4.69) is 6.92 Å². The average Bonchev–Trinajstić information content (AvgIpc) is 2.45. The van der Waals surface area contributed by atoms with Gasteiger partial charge in [-0.25, -0.2) is 0 Å². The number of ketones is 1. The molecule has 122 valence electrons. The largest absolute Gasteiger partial charge is 0.390 e. The number of aliphatic hydroxyl groups is 1. The van der Waals surface area contributed by atoms with Crippen molar-refractivity contribution < 1.29 is 9.90 Å². The van der Waals surface area contributed by atoms with Crippen LogP contribution in [0.3, 0.4) is 0 Å². The van der Waals surface area contributed by atoms with Gasteiger partial charge in [-0.15, -0.1) is 11.8 Å². The van der Waals surface area contributed by atoms with Gasteiger partial charge in [0.15, 0.2) is 5.78 Å². The maximum atomic E-state index is 11.8. The Hall–Kier alpha value is -1.06. The van der Waals surface area contributed by atoms with Crippen LogP contribution < -0.4 is 0 Å². The number of allylic oxidation sites excluding steroid dienone is 2. The Morgan fingerprint density at radius 3 is 2.64 bits per heavy atom. The highest BCUT2D eigenvalue weighted by atomic mass is 32.2. The first-order chi connectivity index (χ1) is 10.4. The van der Waals surface area contributed by atoms with Gasteiger partial charge < -0.3 is 5.11 Å². The third-order valence-corrected chi connectivity index (χ3v) is 4.49. The Labute approximate surface area is 139 Å². The van der Waals surface area contributed by atoms with Gasteiger partial charge in [0.2, 0.25) is 0 Å². The number of benzene rings is 1. The predicted molar refractivity (Wildman–Crippen MR) is 95.2 cm³/mol. The number of carbonyl (C=O) groups is 1. The van der Waals surface area contributed by atoms with Gasteiger partial charge in [0.05, 0.1) is 11.4 Å². The maximum Gasteiger partial charge on any atom is 0.165 e. The fraction of sp³-hybridized carbons (Fsp3) is 0.526. The average molecular weight is 320 g/mol. The van der Waals surface area contributed by atoms with Gasteiger partial charge in [0, 0.05) is 4.90 Å². The van der Waals surface area contributed by atoms with Crippen LogP contribution in [0, 0.1) is 5.92 Å². The van der Waals surface area contributed by atoms with E-state index >= 15 is 0 Å². The zero-order chi connectivity index (χ0) is 16.4. The Morgan fingerprint density at radius 1 is 1.32 bits per heavy atom. The van der Waals surface area contributed by atoms with Crippen molar-refractivity contribution >= 4 is 17.5 Å². The number of thioether (sulfide) groups is 1. The molecule has 1 atom stereocenters. The normalized spacial score (nSPS) is 13.5. The van der Waals surface area contributed by atoms with E-state index < -0.39 is 5.60 Å². The lowest BCUT2D eigenvalue weighted by Gasteiger charge is -2.17. The highest BCUT2D eigenvalue weighted by Gasteiger charge is 2.12. The smallest absolute Gasteiger partial charge is 0.165 e. The molecule has 0 aliphatic carbocycles. The molecule has 0 spiro atoms. The molecule has 0 unspecified atom stereocenters. The quantitative estimate of drug-likeness (QED) is 0.493. The van der Waals surface area contributed by atoms with E-state index in [0.29, 0.717) is 11.7 Å². The van der Waals surface area contributed by atoms with Gasteiger partial charge >= 0.3 is 0 Å². The molecule has 0 aliphatic heterocycles. The van der Waals surface area contributed by atoms with Gasteiger partial charge in [0.25, 0.3) is 0 Å². The zero-order valence-corrected chi connectivity index (χ0v) is 14.7. The summed E-state index contributed by atoms with van der Waals surface area (Å²) < 4.78 is 0. The fourth-order valence-corrected chi connectivity index (χ4v) is 2.91. The van der Waals surface area contributed by atoms with Crippen molar-refractivity contribution in [2.75, 3.05) is 5.75 Å². The fourth-order valence-electron chi connectivity index (χ4n) is 2.15. The second kappa shape index (κ2) is 9.86. The highest BCUT2D eigenvalue weighted by molar-refractivity contribution is 8.00. The number of rotatable bonds is 10. The number of hydrogen-bond acceptors (Lipinski definition) is 3. The minimum absolute atomic E-state index is 0.164. The minimum atomic E-state index is -0.569. The second-order valence-electron chi connectivity index (χ2n) is 6.52. The molecule has 0 radical (unpaired) electrons. The monoisotopic (exact) mass is 320 g/mol. The van der Waals surface area contributed by atoms with Gasteiger partial charge in [-0.2, -0.15) is 0 Å². The molecule has 0 bridgehead atoms. The molecule has 2 nitrogen and oxygen atoms in total. The van der Waals surface area contributed by atoms with Crippen molar-refractivity contribution in [1.82, 2.24) is 0 Å². The van der Waals surface area contributed by atoms with Crippen molar-refractivity contribution in [2.24, 2.45) is 5.92 Å². The van der Waals surface area contributed by atoms with Gasteiger partial charge in [-0.05, 0) is 50.8 Å². The molecule has 1 aromatic carbocycles. The first kappa shape index (κ1) is 19.0. The van der Waals surface area contributed by atoms with E-state index in [1.165, 1.54) is 0 Å². The van der Waals surface area contributed by atoms with Crippen LogP contribution in [0.5, 0.6) is 0 Å². The summed E-state index contributed by atoms with van der Waals surface area (Å²) in [6, 6.07) is 9.99. The Morgan fingerprint density at radius 2 is 2.00 bits per heavy atom. The van der Waals surface area contributed by atoms with E-state index in [1.54, 1.807) is 17.8 Å². The molecule has 0 saturated carbocycles. The van der Waals surface area contributed by atoms with Crippen molar-refractivity contribution in [1.29, 1.82) is 0 Å². The van der Waals surface area contributed by atoms with Crippen LogP contribution in [-0.4, -0.2) is 22.2 Å². The summed E-state index contributed by atoms with van der Waals surface area (Å²) in [7, 11) is 0. The van der Waals surface area contributed by atoms with Gasteiger partial charge in [-0.1, -0.05) is 44.0 Å². The SMILES string of the molecule is C[C@@H](C/C=C/C(=O)CSc1ccccc1)CCCC(C)(C)O. The van der Waals surface area contributed by atoms with Crippen LogP contribution in [0.4, 0.5) is 0 Å². The molecule has 0 fully saturated rings. The zero-order valence-electron chi connectivity index (χ0n) is 13.9. The van der Waals surface area contributed by atoms with Crippen molar-refractivity contribution in [3.8, 4) is 0 Å². The lowest BCUT2D eigenvalue weighted by Crippen LogP contribution is -2.18. The maximum absolute atomic E-state index is 11.8. The van der Waals surface area contributed by atoms with E-state index in [-0.39, 0.29) is 5.78 Å². The summed E-state index contributed by atoms with van der Waals surface area (Å²) in [6.07, 6.45) is 7.56. The van der Waals surface area contributed by atoms with Crippen molar-refractivity contribution in [3.63, 3.8) is 0 Å². The van der Waals surface area contributed by atoms with Crippen molar-refractivity contribution in [3.05, 3.63) is 42.5 Å². The van der Waals surface area contributed by atoms with Crippen LogP contribution in [0.15, 0.2) is 47.4 Å². The minimum Gasteiger partial charge on any atom is -0.390 e. The summed E-state index contributed by atoms with van der Waals surface area (Å²) in [5.41, 5.74) is -0.569. The summed E-state index contributed by atoms with van der Waals surface area (Å²) in [5.74, 6) is 1.21. The molecule has 0 aliphatic rings. The molecule has 1 aromatic rings. The van der Waals surface area contributed by atoms with Crippen LogP contribution in [0.2, 0.25) is 0 Å². The van der Waals surface area contributed by atoms with Gasteiger partial charge in [-0.3, -0.25) is 4.79 Å². The summed E-state index contributed by atoms with van der Waals surface area (Å²) in [6.45, 7) is 5.89. The molecule has 0 saturated heterocycles. The van der Waals surface area contributed by atoms with E-state index in [4.69, 9.17) is 0 Å². The topological polar surface area (TPSA) is 37.3 Å². The highest BCUT2D eigenvalue weighted by Crippen LogP contribution is 2.19. The van der Waals surface area contributed by atoms with E-state index in [9.17, 15) is 9.90 Å². The molecule has 1 N–H and O–H groups in total. The summed E-state index contributed by atoms with van der Waals surface area (Å²) in [5, 5.41) is 9.67. The molecular formula is C19H28O2S. The summed E-state index contributed by atoms with van der Waals surface area (Å²) >= 11 is 1.58. The molecule has 0 heterocycles. The second-order valence-corrected chi connectivity index (χ2v) is 7.56. The van der Waals surface area contributed by atoms with Gasteiger partial charge in [0.1, 0.15) is 0 Å². The van der Waals surface area contributed by atoms with Crippen molar-refractivity contribution in [2.45, 2.75) is 57.0 Å². The number of hydrogen-bond donors (Lipinski definition) is 1. The lowest BCUT2D eigenvalue weighted by molar-refractivity contribution is -0.112. The first-order valence-electron chi connectivity index (χ1n) is 7.96. The molecule has 3 heteroatoms. The first-order valence-corrected chi connectivity index (χ1v) is 8.95. The molecule has 22 heavy (non-hydrogen) atoms. The molecule has 0 amide bonds. The van der Waals surface area contributed by atoms with Crippen LogP contribution in [-0.2, 0) is 4.79 Å². The Bertz CT molecular complexity index is 460. The van der Waals surface area contributed by atoms with E-state index in [1.807, 2.05) is 50.3 Å². The summed E-state index contributed by atoms with van der Waals surface area (Å²) in [4.78, 5) is 12.9.